The van der Waals surface area contributed by atoms with E-state index in [2.05, 4.69) is 20.4 Å². The van der Waals surface area contributed by atoms with E-state index in [9.17, 15) is 10.2 Å². The van der Waals surface area contributed by atoms with Gasteiger partial charge in [-0.15, -0.1) is 6.58 Å². The monoisotopic (exact) mass is 212 g/mol. The minimum absolute atomic E-state index is 0.113. The Bertz CT molecular complexity index is 223. The summed E-state index contributed by atoms with van der Waals surface area (Å²) in [7, 11) is 0. The molecule has 0 aromatic rings. The number of allylic oxidation sites excluding steroid dienone is 1. The third-order valence-corrected chi connectivity index (χ3v) is 3.96. The van der Waals surface area contributed by atoms with Crippen LogP contribution in [0.2, 0.25) is 0 Å². The van der Waals surface area contributed by atoms with Crippen molar-refractivity contribution in [3.8, 4) is 0 Å². The highest BCUT2D eigenvalue weighted by molar-refractivity contribution is 4.98. The third-order valence-electron chi connectivity index (χ3n) is 3.96. The fraction of sp³-hybridized carbons (Fsp3) is 0.846. The molecule has 1 aliphatic carbocycles. The van der Waals surface area contributed by atoms with Gasteiger partial charge >= 0.3 is 0 Å². The van der Waals surface area contributed by atoms with Crippen molar-refractivity contribution < 1.29 is 10.2 Å². The van der Waals surface area contributed by atoms with Crippen molar-refractivity contribution in [2.75, 3.05) is 6.61 Å². The molecule has 1 fully saturated rings. The highest BCUT2D eigenvalue weighted by Crippen LogP contribution is 2.48. The van der Waals surface area contributed by atoms with Crippen LogP contribution in [0.5, 0.6) is 0 Å². The Morgan fingerprint density at radius 3 is 2.60 bits per heavy atom. The van der Waals surface area contributed by atoms with Crippen LogP contribution in [0.25, 0.3) is 0 Å². The zero-order chi connectivity index (χ0) is 11.5. The molecule has 0 saturated heterocycles. The van der Waals surface area contributed by atoms with Crippen LogP contribution >= 0.6 is 0 Å². The van der Waals surface area contributed by atoms with Gasteiger partial charge in [0, 0.05) is 0 Å². The Hall–Kier alpha value is -0.340. The number of aliphatic hydroxyl groups excluding tert-OH is 1. The molecule has 1 aliphatic rings. The van der Waals surface area contributed by atoms with Crippen molar-refractivity contribution in [1.82, 2.24) is 0 Å². The summed E-state index contributed by atoms with van der Waals surface area (Å²) >= 11 is 0. The summed E-state index contributed by atoms with van der Waals surface area (Å²) in [5.41, 5.74) is -0.747. The molecule has 0 aromatic heterocycles. The Kier molecular flexibility index (Phi) is 3.96. The average molecular weight is 212 g/mol. The van der Waals surface area contributed by atoms with E-state index in [0.717, 1.165) is 32.1 Å². The van der Waals surface area contributed by atoms with Crippen LogP contribution in [0, 0.1) is 11.3 Å². The number of hydrogen-bond donors (Lipinski definition) is 2. The lowest BCUT2D eigenvalue weighted by Gasteiger charge is -2.49. The van der Waals surface area contributed by atoms with Crippen LogP contribution < -0.4 is 0 Å². The Labute approximate surface area is 93.0 Å². The van der Waals surface area contributed by atoms with E-state index in [1.54, 1.807) is 0 Å². The minimum atomic E-state index is -0.870. The zero-order valence-corrected chi connectivity index (χ0v) is 10.00. The van der Waals surface area contributed by atoms with Crippen molar-refractivity contribution in [3.63, 3.8) is 0 Å². The summed E-state index contributed by atoms with van der Waals surface area (Å²) in [5.74, 6) is 0.182. The fourth-order valence-electron chi connectivity index (χ4n) is 3.06. The van der Waals surface area contributed by atoms with Crippen LogP contribution in [-0.2, 0) is 0 Å². The van der Waals surface area contributed by atoms with Gasteiger partial charge in [0.2, 0.25) is 0 Å². The van der Waals surface area contributed by atoms with Gasteiger partial charge in [0.15, 0.2) is 0 Å². The minimum Gasteiger partial charge on any atom is -0.393 e. The first-order chi connectivity index (χ1) is 6.96. The second kappa shape index (κ2) is 4.67. The summed E-state index contributed by atoms with van der Waals surface area (Å²) in [6, 6.07) is 0. The second-order valence-corrected chi connectivity index (χ2v) is 5.52. The molecule has 0 aromatic carbocycles. The van der Waals surface area contributed by atoms with Crippen LogP contribution in [0.3, 0.4) is 0 Å². The molecule has 2 nitrogen and oxygen atoms in total. The Morgan fingerprint density at radius 1 is 1.40 bits per heavy atom. The largest absolute Gasteiger partial charge is 0.393 e. The maximum absolute atomic E-state index is 10.4. The van der Waals surface area contributed by atoms with Gasteiger partial charge in [-0.25, -0.2) is 0 Å². The highest BCUT2D eigenvalue weighted by atomic mass is 16.3. The van der Waals surface area contributed by atoms with Crippen molar-refractivity contribution >= 4 is 0 Å². The predicted octanol–water partition coefficient (Wildman–Crippen LogP) is 2.50. The lowest BCUT2D eigenvalue weighted by atomic mass is 9.60. The van der Waals surface area contributed by atoms with Gasteiger partial charge in [-0.3, -0.25) is 0 Å². The van der Waals surface area contributed by atoms with Crippen molar-refractivity contribution in [2.24, 2.45) is 11.3 Å². The van der Waals surface area contributed by atoms with E-state index in [4.69, 9.17) is 0 Å². The Morgan fingerprint density at radius 2 is 2.07 bits per heavy atom. The molecule has 1 saturated carbocycles. The molecule has 2 heteroatoms. The molecule has 2 atom stereocenters. The molecule has 0 heterocycles. The smallest absolute Gasteiger partial charge is 0.0910 e. The standard InChI is InChI=1S/C13H24O2/c1-4-5-7-11-12(2,3)8-6-9-13(11,15)10-14/h4,11,14-15H,1,5-10H2,2-3H3/t11-,13+/m1/s1. The molecule has 2 N–H and O–H groups in total. The molecule has 0 radical (unpaired) electrons. The summed E-state index contributed by atoms with van der Waals surface area (Å²) < 4.78 is 0. The van der Waals surface area contributed by atoms with E-state index >= 15 is 0 Å². The normalized spacial score (nSPS) is 35.1. The predicted molar refractivity (Wildman–Crippen MR) is 62.6 cm³/mol. The zero-order valence-electron chi connectivity index (χ0n) is 10.00. The lowest BCUT2D eigenvalue weighted by molar-refractivity contribution is -0.131. The maximum atomic E-state index is 10.4. The topological polar surface area (TPSA) is 40.5 Å². The van der Waals surface area contributed by atoms with E-state index in [1.165, 1.54) is 0 Å². The van der Waals surface area contributed by atoms with Gasteiger partial charge in [-0.05, 0) is 43.4 Å². The molecule has 0 unspecified atom stereocenters. The second-order valence-electron chi connectivity index (χ2n) is 5.52. The fourth-order valence-corrected chi connectivity index (χ4v) is 3.06. The summed E-state index contributed by atoms with van der Waals surface area (Å²) in [4.78, 5) is 0. The molecule has 1 rings (SSSR count). The van der Waals surface area contributed by atoms with Crippen molar-refractivity contribution in [2.45, 2.75) is 51.6 Å². The van der Waals surface area contributed by atoms with E-state index in [-0.39, 0.29) is 17.9 Å². The van der Waals surface area contributed by atoms with Crippen LogP contribution in [0.1, 0.15) is 46.0 Å². The third kappa shape index (κ3) is 2.61. The Balaban J connectivity index is 2.82. The first-order valence-electron chi connectivity index (χ1n) is 5.90. The summed E-state index contributed by atoms with van der Waals surface area (Å²) in [6.45, 7) is 8.00. The van der Waals surface area contributed by atoms with Crippen LogP contribution in [0.4, 0.5) is 0 Å². The molecular formula is C13H24O2. The van der Waals surface area contributed by atoms with Crippen LogP contribution in [0.15, 0.2) is 12.7 Å². The quantitative estimate of drug-likeness (QED) is 0.703. The van der Waals surface area contributed by atoms with E-state index < -0.39 is 5.60 Å². The summed E-state index contributed by atoms with van der Waals surface area (Å²) in [5, 5.41) is 19.8. The van der Waals surface area contributed by atoms with Gasteiger partial charge < -0.3 is 10.2 Å². The van der Waals surface area contributed by atoms with Crippen molar-refractivity contribution in [1.29, 1.82) is 0 Å². The molecule has 88 valence electrons. The first kappa shape index (κ1) is 12.7. The lowest BCUT2D eigenvalue weighted by Crippen LogP contribution is -2.51. The maximum Gasteiger partial charge on any atom is 0.0910 e. The van der Waals surface area contributed by atoms with Gasteiger partial charge in [0.25, 0.3) is 0 Å². The first-order valence-corrected chi connectivity index (χ1v) is 5.90. The van der Waals surface area contributed by atoms with E-state index in [1.807, 2.05) is 6.08 Å². The van der Waals surface area contributed by atoms with Gasteiger partial charge in [0.05, 0.1) is 12.2 Å². The molecule has 0 spiro atoms. The molecule has 15 heavy (non-hydrogen) atoms. The van der Waals surface area contributed by atoms with E-state index in [0.29, 0.717) is 0 Å². The van der Waals surface area contributed by atoms with Gasteiger partial charge in [-0.1, -0.05) is 19.9 Å². The number of rotatable bonds is 4. The molecule has 0 aliphatic heterocycles. The summed E-state index contributed by atoms with van der Waals surface area (Å²) in [6.07, 6.45) is 6.60. The number of aliphatic hydroxyl groups is 2. The molecule has 0 bridgehead atoms. The molecule has 0 amide bonds. The van der Waals surface area contributed by atoms with Crippen LogP contribution in [-0.4, -0.2) is 22.4 Å². The highest BCUT2D eigenvalue weighted by Gasteiger charge is 2.47. The van der Waals surface area contributed by atoms with Gasteiger partial charge in [-0.2, -0.15) is 0 Å². The number of hydrogen-bond acceptors (Lipinski definition) is 2. The van der Waals surface area contributed by atoms with Gasteiger partial charge in [0.1, 0.15) is 0 Å². The average Bonchev–Trinajstić information content (AvgIpc) is 2.16. The van der Waals surface area contributed by atoms with Crippen molar-refractivity contribution in [3.05, 3.63) is 12.7 Å². The SMILES string of the molecule is C=CCC[C@@H]1C(C)(C)CCC[C@]1(O)CO. The molecular weight excluding hydrogens is 188 g/mol.